The number of carbonyl (C=O) groups is 1. The molecule has 7 heteroatoms. The molecule has 2 aliphatic rings. The van der Waals surface area contributed by atoms with Gasteiger partial charge in [0.05, 0.1) is 17.0 Å². The van der Waals surface area contributed by atoms with Crippen molar-refractivity contribution in [2.75, 3.05) is 6.61 Å². The molecule has 4 rings (SSSR count). The molecule has 3 unspecified atom stereocenters. The van der Waals surface area contributed by atoms with Crippen molar-refractivity contribution in [1.29, 1.82) is 0 Å². The minimum Gasteiger partial charge on any atom is -0.377 e. The van der Waals surface area contributed by atoms with Gasteiger partial charge in [0.1, 0.15) is 0 Å². The second-order valence-electron chi connectivity index (χ2n) is 7.76. The van der Waals surface area contributed by atoms with E-state index < -0.39 is 0 Å². The zero-order valence-corrected chi connectivity index (χ0v) is 16.0. The lowest BCUT2D eigenvalue weighted by molar-refractivity contribution is -0.108. The van der Waals surface area contributed by atoms with E-state index in [1.807, 2.05) is 6.92 Å². The Morgan fingerprint density at radius 2 is 2.23 bits per heavy atom. The van der Waals surface area contributed by atoms with Crippen LogP contribution in [0.2, 0.25) is 0 Å². The predicted octanol–water partition coefficient (Wildman–Crippen LogP) is 2.62. The highest BCUT2D eigenvalue weighted by Crippen LogP contribution is 2.52. The predicted molar refractivity (Wildman–Crippen MR) is 102 cm³/mol. The molecule has 1 aliphatic carbocycles. The molecule has 3 atom stereocenters. The maximum Gasteiger partial charge on any atom is 0.262 e. The maximum absolute atomic E-state index is 12.8. The molecule has 0 spiro atoms. The average Bonchev–Trinajstić information content (AvgIpc) is 3.06. The van der Waals surface area contributed by atoms with E-state index in [0.717, 1.165) is 13.0 Å². The van der Waals surface area contributed by atoms with Crippen LogP contribution in [0.5, 0.6) is 0 Å². The lowest BCUT2D eigenvalue weighted by Crippen LogP contribution is -2.66. The number of rotatable bonds is 3. The Hall–Kier alpha value is -1.99. The third-order valence-corrected chi connectivity index (χ3v) is 6.27. The van der Waals surface area contributed by atoms with Gasteiger partial charge in [0, 0.05) is 36.1 Å². The topological polar surface area (TPSA) is 76.1 Å². The van der Waals surface area contributed by atoms with Crippen molar-refractivity contribution in [3.63, 3.8) is 0 Å². The number of amides is 1. The number of nitrogens with one attached hydrogen (secondary N) is 2. The van der Waals surface area contributed by atoms with Crippen LogP contribution in [0, 0.1) is 16.1 Å². The summed E-state index contributed by atoms with van der Waals surface area (Å²) in [5.74, 6) is 0.256. The Balaban J connectivity index is 1.64. The van der Waals surface area contributed by atoms with Crippen LogP contribution in [0.3, 0.4) is 0 Å². The summed E-state index contributed by atoms with van der Waals surface area (Å²) in [5.41, 5.74) is 0.911. The number of ether oxygens (including phenoxy) is 1. The molecule has 0 bridgehead atoms. The summed E-state index contributed by atoms with van der Waals surface area (Å²) in [7, 11) is 0. The third kappa shape index (κ3) is 2.45. The summed E-state index contributed by atoms with van der Waals surface area (Å²) >= 11 is 5.25. The van der Waals surface area contributed by atoms with Crippen LogP contribution in [0.15, 0.2) is 23.0 Å². The minimum absolute atomic E-state index is 0.0670. The lowest BCUT2D eigenvalue weighted by Gasteiger charge is -2.54. The summed E-state index contributed by atoms with van der Waals surface area (Å²) in [6, 6.07) is 5.20. The number of benzene rings is 1. The van der Waals surface area contributed by atoms with Crippen LogP contribution in [0.25, 0.3) is 10.9 Å². The SMILES string of the molecule is CCn1c(=S)[nH]c2cc(C(=O)NC3C4CCOC4C3(C)C)ccc2c1=O. The second-order valence-corrected chi connectivity index (χ2v) is 8.14. The van der Waals surface area contributed by atoms with Gasteiger partial charge in [0.25, 0.3) is 11.5 Å². The number of aromatic amines is 1. The Labute approximate surface area is 156 Å². The first kappa shape index (κ1) is 17.4. The Morgan fingerprint density at radius 1 is 1.46 bits per heavy atom. The summed E-state index contributed by atoms with van der Waals surface area (Å²) in [6.07, 6.45) is 1.22. The fourth-order valence-corrected chi connectivity index (χ4v) is 4.85. The van der Waals surface area contributed by atoms with E-state index in [1.165, 1.54) is 4.57 Å². The van der Waals surface area contributed by atoms with Crippen LogP contribution in [-0.4, -0.2) is 34.2 Å². The Morgan fingerprint density at radius 3 is 2.96 bits per heavy atom. The molecule has 1 saturated carbocycles. The van der Waals surface area contributed by atoms with E-state index in [1.54, 1.807) is 18.2 Å². The summed E-state index contributed by atoms with van der Waals surface area (Å²) < 4.78 is 7.66. The van der Waals surface area contributed by atoms with E-state index in [9.17, 15) is 9.59 Å². The van der Waals surface area contributed by atoms with Crippen molar-refractivity contribution in [1.82, 2.24) is 14.9 Å². The molecule has 138 valence electrons. The van der Waals surface area contributed by atoms with E-state index in [0.29, 0.717) is 33.7 Å². The number of hydrogen-bond donors (Lipinski definition) is 2. The smallest absolute Gasteiger partial charge is 0.262 e. The van der Waals surface area contributed by atoms with Gasteiger partial charge in [-0.15, -0.1) is 0 Å². The first-order valence-corrected chi connectivity index (χ1v) is 9.44. The van der Waals surface area contributed by atoms with Gasteiger partial charge >= 0.3 is 0 Å². The van der Waals surface area contributed by atoms with Gasteiger partial charge in [-0.1, -0.05) is 13.8 Å². The molecule has 1 saturated heterocycles. The molecular weight excluding hydrogens is 350 g/mol. The van der Waals surface area contributed by atoms with Crippen molar-refractivity contribution in [2.45, 2.75) is 45.9 Å². The van der Waals surface area contributed by atoms with Crippen LogP contribution >= 0.6 is 12.2 Å². The Kier molecular flexibility index (Phi) is 4.04. The van der Waals surface area contributed by atoms with Gasteiger partial charge in [-0.25, -0.2) is 0 Å². The average molecular weight is 373 g/mol. The van der Waals surface area contributed by atoms with Crippen molar-refractivity contribution >= 4 is 29.0 Å². The van der Waals surface area contributed by atoms with Crippen molar-refractivity contribution < 1.29 is 9.53 Å². The minimum atomic E-state index is -0.135. The van der Waals surface area contributed by atoms with Gasteiger partial charge in [0.2, 0.25) is 0 Å². The molecule has 6 nitrogen and oxygen atoms in total. The molecule has 1 amide bonds. The molecular formula is C19H23N3O3S. The summed E-state index contributed by atoms with van der Waals surface area (Å²) in [6.45, 7) is 7.42. The van der Waals surface area contributed by atoms with Crippen LogP contribution < -0.4 is 10.9 Å². The standard InChI is InChI=1S/C19H23N3O3S/c1-4-22-17(24)11-6-5-10(9-13(11)20-18(22)26)16(23)21-14-12-7-8-25-15(12)19(14,2)3/h5-6,9,12,14-15H,4,7-8H2,1-3H3,(H,20,26)(H,21,23). The number of fused-ring (bicyclic) bond motifs is 2. The quantitative estimate of drug-likeness (QED) is 0.811. The van der Waals surface area contributed by atoms with Crippen molar-refractivity contribution in [3.8, 4) is 0 Å². The molecule has 1 aromatic heterocycles. The van der Waals surface area contributed by atoms with E-state index in [-0.39, 0.29) is 29.0 Å². The largest absolute Gasteiger partial charge is 0.377 e. The molecule has 2 heterocycles. The van der Waals surface area contributed by atoms with Gasteiger partial charge in [0.15, 0.2) is 4.77 Å². The van der Waals surface area contributed by atoms with Gasteiger partial charge in [-0.3, -0.25) is 14.2 Å². The highest BCUT2D eigenvalue weighted by atomic mass is 32.1. The number of carbonyl (C=O) groups excluding carboxylic acids is 1. The van der Waals surface area contributed by atoms with Crippen LogP contribution in [0.1, 0.15) is 37.6 Å². The summed E-state index contributed by atoms with van der Waals surface area (Å²) in [4.78, 5) is 28.3. The number of nitrogens with zero attached hydrogens (tertiary/aromatic N) is 1. The molecule has 1 aromatic carbocycles. The maximum atomic E-state index is 12.8. The number of aromatic nitrogens is 2. The van der Waals surface area contributed by atoms with E-state index in [2.05, 4.69) is 24.1 Å². The highest BCUT2D eigenvalue weighted by Gasteiger charge is 2.59. The number of hydrogen-bond acceptors (Lipinski definition) is 4. The molecule has 26 heavy (non-hydrogen) atoms. The first-order chi connectivity index (χ1) is 12.3. The normalized spacial score (nSPS) is 26.3. The highest BCUT2D eigenvalue weighted by molar-refractivity contribution is 7.71. The van der Waals surface area contributed by atoms with Crippen LogP contribution in [-0.2, 0) is 11.3 Å². The van der Waals surface area contributed by atoms with E-state index in [4.69, 9.17) is 17.0 Å². The summed E-state index contributed by atoms with van der Waals surface area (Å²) in [5, 5.41) is 3.70. The zero-order chi connectivity index (χ0) is 18.6. The third-order valence-electron chi connectivity index (χ3n) is 5.95. The van der Waals surface area contributed by atoms with Gasteiger partial charge in [-0.05, 0) is 43.8 Å². The first-order valence-electron chi connectivity index (χ1n) is 9.04. The molecule has 1 aliphatic heterocycles. The van der Waals surface area contributed by atoms with Gasteiger partial charge < -0.3 is 15.0 Å². The fraction of sp³-hybridized carbons (Fsp3) is 0.526. The Bertz CT molecular complexity index is 1010. The lowest BCUT2D eigenvalue weighted by atomic mass is 9.57. The fourth-order valence-electron chi connectivity index (χ4n) is 4.52. The van der Waals surface area contributed by atoms with Crippen molar-refractivity contribution in [3.05, 3.63) is 38.9 Å². The molecule has 2 fully saturated rings. The van der Waals surface area contributed by atoms with Gasteiger partial charge in [-0.2, -0.15) is 0 Å². The second kappa shape index (κ2) is 6.03. The van der Waals surface area contributed by atoms with E-state index >= 15 is 0 Å². The van der Waals surface area contributed by atoms with Crippen LogP contribution in [0.4, 0.5) is 0 Å². The monoisotopic (exact) mass is 373 g/mol. The number of H-pyrrole nitrogens is 1. The zero-order valence-electron chi connectivity index (χ0n) is 15.2. The van der Waals surface area contributed by atoms with Crippen molar-refractivity contribution in [2.24, 2.45) is 11.3 Å². The molecule has 2 N–H and O–H groups in total. The molecule has 0 radical (unpaired) electrons. The molecule has 2 aromatic rings.